The van der Waals surface area contributed by atoms with E-state index >= 15 is 0 Å². The quantitative estimate of drug-likeness (QED) is 0.279. The molecule has 0 radical (unpaired) electrons. The van der Waals surface area contributed by atoms with Crippen LogP contribution in [0.1, 0.15) is 46.9 Å². The molecule has 1 N–H and O–H groups in total. The van der Waals surface area contributed by atoms with E-state index in [0.717, 1.165) is 24.8 Å². The summed E-state index contributed by atoms with van der Waals surface area (Å²) in [5, 5.41) is -0.390. The monoisotopic (exact) mass is 628 g/mol. The smallest absolute Gasteiger partial charge is 0.296 e. The van der Waals surface area contributed by atoms with Crippen molar-refractivity contribution in [1.29, 1.82) is 0 Å². The first-order valence-corrected chi connectivity index (χ1v) is 15.6. The van der Waals surface area contributed by atoms with Gasteiger partial charge in [0.1, 0.15) is 16.4 Å². The number of halogens is 3. The van der Waals surface area contributed by atoms with Gasteiger partial charge >= 0.3 is 0 Å². The molecule has 218 valence electrons. The van der Waals surface area contributed by atoms with Crippen LogP contribution < -0.4 is 10.3 Å². The van der Waals surface area contributed by atoms with Gasteiger partial charge in [0.15, 0.2) is 0 Å². The molecule has 1 atom stereocenters. The number of rotatable bonds is 6. The first-order valence-electron chi connectivity index (χ1n) is 13.4. The molecule has 6 rings (SSSR count). The summed E-state index contributed by atoms with van der Waals surface area (Å²) in [6, 6.07) is 17.2. The predicted molar refractivity (Wildman–Crippen MR) is 159 cm³/mol. The number of hydrogen-bond acceptors (Lipinski definition) is 4. The van der Waals surface area contributed by atoms with Crippen LogP contribution in [0.5, 0.6) is 0 Å². The van der Waals surface area contributed by atoms with Crippen LogP contribution in [0.2, 0.25) is 10.0 Å². The Kier molecular flexibility index (Phi) is 6.99. The summed E-state index contributed by atoms with van der Waals surface area (Å²) in [5.74, 6) is -0.784. The molecule has 1 saturated heterocycles. The highest BCUT2D eigenvalue weighted by molar-refractivity contribution is 7.92. The standard InChI is InChI=1S/C30H27Cl2FN4O4S/c1-18-26(29(39)37(35(18)2)22-7-4-3-5-8-22)34-42(40,41)24-16-20(15-23(31)25(24)32)28(38)36-17-30(13-6-14-30)27(36)19-9-11-21(33)12-10-19/h3-5,7-12,15-16,27,34H,6,13-14,17H2,1-2H3. The highest BCUT2D eigenvalue weighted by Crippen LogP contribution is 2.60. The highest BCUT2D eigenvalue weighted by atomic mass is 35.5. The second kappa shape index (κ2) is 10.3. The third-order valence-electron chi connectivity index (χ3n) is 8.49. The number of nitrogens with one attached hydrogen (secondary N) is 1. The number of aromatic nitrogens is 2. The van der Waals surface area contributed by atoms with E-state index < -0.39 is 26.4 Å². The Morgan fingerprint density at radius 2 is 1.71 bits per heavy atom. The number of sulfonamides is 1. The van der Waals surface area contributed by atoms with Gasteiger partial charge < -0.3 is 4.90 Å². The minimum atomic E-state index is -4.46. The number of amides is 1. The minimum absolute atomic E-state index is 0.0394. The van der Waals surface area contributed by atoms with Gasteiger partial charge in [-0.1, -0.05) is 60.0 Å². The number of carbonyl (C=O) groups excluding carboxylic acids is 1. The summed E-state index contributed by atoms with van der Waals surface area (Å²) in [6.07, 6.45) is 2.94. The zero-order chi connectivity index (χ0) is 30.0. The van der Waals surface area contributed by atoms with Crippen LogP contribution in [0, 0.1) is 18.2 Å². The second-order valence-corrected chi connectivity index (χ2v) is 13.4. The Morgan fingerprint density at radius 1 is 1.05 bits per heavy atom. The molecule has 1 aliphatic carbocycles. The molecule has 12 heteroatoms. The summed E-state index contributed by atoms with van der Waals surface area (Å²) < 4.78 is 46.2. The molecular formula is C30H27Cl2FN4O4S. The lowest BCUT2D eigenvalue weighted by Crippen LogP contribution is -2.63. The lowest BCUT2D eigenvalue weighted by molar-refractivity contribution is -0.105. The summed E-state index contributed by atoms with van der Waals surface area (Å²) in [5.41, 5.74) is 0.974. The molecule has 8 nitrogen and oxygen atoms in total. The van der Waals surface area contributed by atoms with E-state index in [-0.39, 0.29) is 38.6 Å². The molecule has 1 amide bonds. The topological polar surface area (TPSA) is 93.4 Å². The van der Waals surface area contributed by atoms with Crippen LogP contribution in [0.15, 0.2) is 76.4 Å². The molecule has 3 aromatic carbocycles. The van der Waals surface area contributed by atoms with Crippen LogP contribution in [-0.2, 0) is 17.1 Å². The Labute approximate surface area is 252 Å². The van der Waals surface area contributed by atoms with Crippen molar-refractivity contribution in [2.75, 3.05) is 11.3 Å². The van der Waals surface area contributed by atoms with Crippen LogP contribution in [0.3, 0.4) is 0 Å². The van der Waals surface area contributed by atoms with Gasteiger partial charge in [-0.05, 0) is 61.7 Å². The molecular weight excluding hydrogens is 602 g/mol. The summed E-state index contributed by atoms with van der Waals surface area (Å²) in [6.45, 7) is 2.11. The maximum Gasteiger partial charge on any atom is 0.296 e. The highest BCUT2D eigenvalue weighted by Gasteiger charge is 2.58. The van der Waals surface area contributed by atoms with Gasteiger partial charge in [-0.3, -0.25) is 19.0 Å². The van der Waals surface area contributed by atoms with Gasteiger partial charge in [0.05, 0.1) is 27.5 Å². The first-order chi connectivity index (χ1) is 19.9. The van der Waals surface area contributed by atoms with Crippen molar-refractivity contribution in [1.82, 2.24) is 14.3 Å². The van der Waals surface area contributed by atoms with Gasteiger partial charge in [0.25, 0.3) is 21.5 Å². The predicted octanol–water partition coefficient (Wildman–Crippen LogP) is 6.10. The molecule has 1 spiro atoms. The molecule has 2 fully saturated rings. The van der Waals surface area contributed by atoms with E-state index in [1.807, 2.05) is 6.07 Å². The van der Waals surface area contributed by atoms with Crippen molar-refractivity contribution in [3.05, 3.63) is 110 Å². The van der Waals surface area contributed by atoms with Gasteiger partial charge in [-0.2, -0.15) is 0 Å². The maximum absolute atomic E-state index is 13.8. The Balaban J connectivity index is 1.35. The number of carbonyl (C=O) groups is 1. The van der Waals surface area contributed by atoms with Crippen molar-refractivity contribution < 1.29 is 17.6 Å². The SMILES string of the molecule is Cc1c(NS(=O)(=O)c2cc(C(=O)N3CC4(CCC4)C3c3ccc(F)cc3)cc(Cl)c2Cl)c(=O)n(-c2ccccc2)n1C. The molecule has 2 heterocycles. The van der Waals surface area contributed by atoms with Gasteiger partial charge in [0.2, 0.25) is 0 Å². The summed E-state index contributed by atoms with van der Waals surface area (Å²) >= 11 is 12.7. The zero-order valence-electron chi connectivity index (χ0n) is 22.8. The Morgan fingerprint density at radius 3 is 2.33 bits per heavy atom. The van der Waals surface area contributed by atoms with E-state index in [1.54, 1.807) is 60.0 Å². The van der Waals surface area contributed by atoms with Crippen molar-refractivity contribution in [3.63, 3.8) is 0 Å². The minimum Gasteiger partial charge on any atom is -0.330 e. The molecule has 1 aromatic heterocycles. The van der Waals surface area contributed by atoms with E-state index in [1.165, 1.54) is 28.9 Å². The molecule has 4 aromatic rings. The summed E-state index contributed by atoms with van der Waals surface area (Å²) in [7, 11) is -2.82. The van der Waals surface area contributed by atoms with Crippen molar-refractivity contribution in [2.45, 2.75) is 37.1 Å². The van der Waals surface area contributed by atoms with Crippen molar-refractivity contribution >= 4 is 44.8 Å². The van der Waals surface area contributed by atoms with Gasteiger partial charge in [-0.25, -0.2) is 17.5 Å². The average molecular weight is 630 g/mol. The van der Waals surface area contributed by atoms with Crippen LogP contribution >= 0.6 is 23.2 Å². The number of para-hydroxylation sites is 1. The number of benzene rings is 3. The third-order valence-corrected chi connectivity index (χ3v) is 10.8. The summed E-state index contributed by atoms with van der Waals surface area (Å²) in [4.78, 5) is 28.4. The van der Waals surface area contributed by atoms with E-state index in [9.17, 15) is 22.4 Å². The molecule has 0 bridgehead atoms. The van der Waals surface area contributed by atoms with Gasteiger partial charge in [0, 0.05) is 24.6 Å². The number of likely N-dealkylation sites (tertiary alicyclic amines) is 1. The van der Waals surface area contributed by atoms with E-state index in [4.69, 9.17) is 23.2 Å². The Hall–Kier alpha value is -3.60. The molecule has 1 saturated carbocycles. The number of anilines is 1. The largest absolute Gasteiger partial charge is 0.330 e. The average Bonchev–Trinajstić information content (AvgIpc) is 3.12. The zero-order valence-corrected chi connectivity index (χ0v) is 25.1. The second-order valence-electron chi connectivity index (χ2n) is 10.9. The van der Waals surface area contributed by atoms with Crippen molar-refractivity contribution in [2.24, 2.45) is 12.5 Å². The van der Waals surface area contributed by atoms with Crippen LogP contribution in [0.25, 0.3) is 5.69 Å². The molecule has 1 unspecified atom stereocenters. The third kappa shape index (κ3) is 4.53. The van der Waals surface area contributed by atoms with E-state index in [2.05, 4.69) is 4.72 Å². The maximum atomic E-state index is 13.8. The fourth-order valence-electron chi connectivity index (χ4n) is 6.09. The van der Waals surface area contributed by atoms with E-state index in [0.29, 0.717) is 17.9 Å². The molecule has 2 aliphatic rings. The normalized spacial score (nSPS) is 17.5. The lowest BCUT2D eigenvalue weighted by Gasteiger charge is -2.62. The molecule has 42 heavy (non-hydrogen) atoms. The Bertz CT molecular complexity index is 1880. The van der Waals surface area contributed by atoms with Crippen molar-refractivity contribution in [3.8, 4) is 5.69 Å². The fourth-order valence-corrected chi connectivity index (χ4v) is 8.02. The van der Waals surface area contributed by atoms with Crippen LogP contribution in [0.4, 0.5) is 10.1 Å². The molecule has 1 aliphatic heterocycles. The first kappa shape index (κ1) is 28.5. The fraction of sp³-hybridized carbons (Fsp3) is 0.267. The number of hydrogen-bond donors (Lipinski definition) is 1. The lowest BCUT2D eigenvalue weighted by atomic mass is 9.56. The van der Waals surface area contributed by atoms with Gasteiger partial charge in [-0.15, -0.1) is 0 Å². The van der Waals surface area contributed by atoms with Crippen LogP contribution in [-0.4, -0.2) is 35.1 Å². The number of nitrogens with zero attached hydrogens (tertiary/aromatic N) is 3.